The molecule has 2 aromatic rings. The van der Waals surface area contributed by atoms with Crippen LogP contribution >= 0.6 is 0 Å². The van der Waals surface area contributed by atoms with Crippen LogP contribution in [0.1, 0.15) is 17.4 Å². The molecule has 4 heteroatoms. The van der Waals surface area contributed by atoms with E-state index in [1.807, 2.05) is 0 Å². The summed E-state index contributed by atoms with van der Waals surface area (Å²) in [5.41, 5.74) is 0.304. The molecule has 3 nitrogen and oxygen atoms in total. The second-order valence-electron chi connectivity index (χ2n) is 3.09. The van der Waals surface area contributed by atoms with Gasteiger partial charge in [-0.1, -0.05) is 22.7 Å². The normalized spacial score (nSPS) is 10.5. The number of carbonyl (C=O) groups excluding carboxylic acids is 1. The topological polar surface area (TPSA) is 31.2 Å². The van der Waals surface area contributed by atoms with Crippen molar-refractivity contribution < 1.29 is 14.0 Å². The SMILES string of the molecule is CCOC(=O)c1cc2ccccc2n1F. The Morgan fingerprint density at radius 2 is 2.20 bits per heavy atom. The number of benzene rings is 1. The number of hydrogen-bond acceptors (Lipinski definition) is 2. The quantitative estimate of drug-likeness (QED) is 0.708. The van der Waals surface area contributed by atoms with E-state index in [1.165, 1.54) is 6.07 Å². The molecule has 0 radical (unpaired) electrons. The molecule has 1 aromatic carbocycles. The average Bonchev–Trinajstić information content (AvgIpc) is 2.57. The minimum Gasteiger partial charge on any atom is -0.461 e. The van der Waals surface area contributed by atoms with E-state index >= 15 is 0 Å². The Kier molecular flexibility index (Phi) is 2.41. The molecule has 0 bridgehead atoms. The molecule has 0 atom stereocenters. The first kappa shape index (κ1) is 9.71. The zero-order chi connectivity index (χ0) is 10.8. The van der Waals surface area contributed by atoms with Gasteiger partial charge in [0.05, 0.1) is 12.1 Å². The van der Waals surface area contributed by atoms with Crippen LogP contribution in [0.4, 0.5) is 4.48 Å². The van der Waals surface area contributed by atoms with E-state index in [2.05, 4.69) is 0 Å². The highest BCUT2D eigenvalue weighted by molar-refractivity contribution is 5.95. The Morgan fingerprint density at radius 3 is 2.87 bits per heavy atom. The van der Waals surface area contributed by atoms with Crippen molar-refractivity contribution in [3.05, 3.63) is 36.0 Å². The van der Waals surface area contributed by atoms with Gasteiger partial charge >= 0.3 is 5.97 Å². The van der Waals surface area contributed by atoms with Crippen molar-refractivity contribution in [1.82, 2.24) is 4.79 Å². The molecular weight excluding hydrogens is 197 g/mol. The van der Waals surface area contributed by atoms with E-state index in [9.17, 15) is 9.28 Å². The summed E-state index contributed by atoms with van der Waals surface area (Å²) in [6.45, 7) is 1.92. The van der Waals surface area contributed by atoms with Crippen molar-refractivity contribution >= 4 is 16.9 Å². The molecule has 0 fully saturated rings. The minimum absolute atomic E-state index is 0.0712. The Bertz CT molecular complexity index is 504. The number of rotatable bonds is 2. The molecule has 0 spiro atoms. The summed E-state index contributed by atoms with van der Waals surface area (Å²) in [4.78, 5) is 11.7. The number of fused-ring (bicyclic) bond motifs is 1. The van der Waals surface area contributed by atoms with Crippen LogP contribution in [0, 0.1) is 0 Å². The fourth-order valence-electron chi connectivity index (χ4n) is 1.47. The first-order valence-electron chi connectivity index (χ1n) is 4.67. The van der Waals surface area contributed by atoms with Gasteiger partial charge in [0.15, 0.2) is 5.69 Å². The van der Waals surface area contributed by atoms with Crippen molar-refractivity contribution in [3.63, 3.8) is 0 Å². The summed E-state index contributed by atoms with van der Waals surface area (Å²) in [5, 5.41) is 0.683. The first-order valence-corrected chi connectivity index (χ1v) is 4.67. The number of hydrogen-bond donors (Lipinski definition) is 0. The number of para-hydroxylation sites is 1. The monoisotopic (exact) mass is 207 g/mol. The highest BCUT2D eigenvalue weighted by Gasteiger charge is 2.15. The van der Waals surface area contributed by atoms with Gasteiger partial charge in [-0.3, -0.25) is 0 Å². The van der Waals surface area contributed by atoms with Crippen molar-refractivity contribution in [2.24, 2.45) is 0 Å². The lowest BCUT2D eigenvalue weighted by molar-refractivity contribution is 0.0503. The summed E-state index contributed by atoms with van der Waals surface area (Å²) in [6, 6.07) is 8.34. The van der Waals surface area contributed by atoms with Crippen LogP contribution in [-0.4, -0.2) is 17.4 Å². The molecule has 0 saturated heterocycles. The van der Waals surface area contributed by atoms with Crippen molar-refractivity contribution in [2.75, 3.05) is 6.61 Å². The summed E-state index contributed by atoms with van der Waals surface area (Å²) in [5.74, 6) is -0.642. The molecular formula is C11H10FNO2. The van der Waals surface area contributed by atoms with Crippen LogP contribution in [0.25, 0.3) is 10.9 Å². The molecule has 1 aromatic heterocycles. The Labute approximate surface area is 86.0 Å². The van der Waals surface area contributed by atoms with Gasteiger partial charge in [-0.2, -0.15) is 4.79 Å². The standard InChI is InChI=1S/C11H10FNO2/c1-2-15-11(14)10-7-8-5-3-4-6-9(8)13(10)12/h3-7H,2H2,1H3. The lowest BCUT2D eigenvalue weighted by Crippen LogP contribution is -2.07. The van der Waals surface area contributed by atoms with Crippen molar-refractivity contribution in [2.45, 2.75) is 6.92 Å². The fraction of sp³-hybridized carbons (Fsp3) is 0.182. The third-order valence-corrected chi connectivity index (χ3v) is 2.14. The van der Waals surface area contributed by atoms with Crippen LogP contribution in [0.5, 0.6) is 0 Å². The molecule has 0 aliphatic rings. The molecule has 0 aliphatic carbocycles. The molecule has 2 rings (SSSR count). The largest absolute Gasteiger partial charge is 0.461 e. The smallest absolute Gasteiger partial charge is 0.357 e. The minimum atomic E-state index is -0.642. The molecule has 0 aliphatic heterocycles. The van der Waals surface area contributed by atoms with Crippen LogP contribution in [0.15, 0.2) is 30.3 Å². The molecule has 15 heavy (non-hydrogen) atoms. The van der Waals surface area contributed by atoms with Gasteiger partial charge in [-0.05, 0) is 19.1 Å². The highest BCUT2D eigenvalue weighted by Crippen LogP contribution is 2.20. The zero-order valence-corrected chi connectivity index (χ0v) is 8.24. The van der Waals surface area contributed by atoms with Gasteiger partial charge in [-0.15, -0.1) is 0 Å². The van der Waals surface area contributed by atoms with Gasteiger partial charge < -0.3 is 4.74 Å². The molecule has 0 unspecified atom stereocenters. The summed E-state index contributed by atoms with van der Waals surface area (Å²) in [7, 11) is 0. The summed E-state index contributed by atoms with van der Waals surface area (Å²) in [6.07, 6.45) is 0. The predicted octanol–water partition coefficient (Wildman–Crippen LogP) is 2.55. The van der Waals surface area contributed by atoms with Crippen LogP contribution < -0.4 is 0 Å². The molecule has 0 N–H and O–H groups in total. The van der Waals surface area contributed by atoms with Gasteiger partial charge in [-0.25, -0.2) is 4.79 Å². The number of esters is 1. The molecule has 0 amide bonds. The maximum atomic E-state index is 13.6. The van der Waals surface area contributed by atoms with Gasteiger partial charge in [0.2, 0.25) is 0 Å². The number of nitrogens with zero attached hydrogens (tertiary/aromatic N) is 1. The van der Waals surface area contributed by atoms with Crippen LogP contribution in [0.3, 0.4) is 0 Å². The van der Waals surface area contributed by atoms with E-state index in [0.717, 1.165) is 0 Å². The van der Waals surface area contributed by atoms with E-state index in [4.69, 9.17) is 4.74 Å². The van der Waals surface area contributed by atoms with Crippen molar-refractivity contribution in [1.29, 1.82) is 0 Å². The fourth-order valence-corrected chi connectivity index (χ4v) is 1.47. The highest BCUT2D eigenvalue weighted by atomic mass is 19.2. The molecule has 0 saturated carbocycles. The lowest BCUT2D eigenvalue weighted by Gasteiger charge is -1.99. The first-order chi connectivity index (χ1) is 7.24. The third kappa shape index (κ3) is 1.58. The Balaban J connectivity index is 2.53. The molecule has 78 valence electrons. The van der Waals surface area contributed by atoms with Gasteiger partial charge in [0.25, 0.3) is 0 Å². The van der Waals surface area contributed by atoms with Crippen LogP contribution in [-0.2, 0) is 4.74 Å². The van der Waals surface area contributed by atoms with Gasteiger partial charge in [0, 0.05) is 5.39 Å². The number of aromatic nitrogens is 1. The maximum absolute atomic E-state index is 13.6. The summed E-state index contributed by atoms with van der Waals surface area (Å²) < 4.78 is 18.4. The Morgan fingerprint density at radius 1 is 1.47 bits per heavy atom. The average molecular weight is 207 g/mol. The summed E-state index contributed by atoms with van der Waals surface area (Å²) >= 11 is 0. The number of halogens is 1. The van der Waals surface area contributed by atoms with E-state index in [0.29, 0.717) is 15.7 Å². The second kappa shape index (κ2) is 3.73. The lowest BCUT2D eigenvalue weighted by atomic mass is 10.2. The number of carbonyl (C=O) groups is 1. The number of ether oxygens (including phenoxy) is 1. The molecule has 1 heterocycles. The maximum Gasteiger partial charge on any atom is 0.357 e. The van der Waals surface area contributed by atoms with E-state index in [1.54, 1.807) is 31.2 Å². The third-order valence-electron chi connectivity index (χ3n) is 2.14. The van der Waals surface area contributed by atoms with Crippen molar-refractivity contribution in [3.8, 4) is 0 Å². The van der Waals surface area contributed by atoms with Gasteiger partial charge in [0.1, 0.15) is 0 Å². The predicted molar refractivity (Wildman–Crippen MR) is 54.4 cm³/mol. The zero-order valence-electron chi connectivity index (χ0n) is 8.24. The van der Waals surface area contributed by atoms with E-state index in [-0.39, 0.29) is 12.3 Å². The van der Waals surface area contributed by atoms with Crippen LogP contribution in [0.2, 0.25) is 0 Å². The Hall–Kier alpha value is -1.84. The second-order valence-corrected chi connectivity index (χ2v) is 3.09. The van der Waals surface area contributed by atoms with E-state index < -0.39 is 5.97 Å².